The summed E-state index contributed by atoms with van der Waals surface area (Å²) >= 11 is 0. The van der Waals surface area contributed by atoms with Crippen LogP contribution in [0.4, 0.5) is 4.79 Å². The van der Waals surface area contributed by atoms with E-state index in [2.05, 4.69) is 46.7 Å². The zero-order valence-electron chi connectivity index (χ0n) is 14.5. The number of esters is 1. The minimum absolute atomic E-state index is 0.193. The van der Waals surface area contributed by atoms with Gasteiger partial charge in [0.25, 0.3) is 0 Å². The summed E-state index contributed by atoms with van der Waals surface area (Å²) in [6, 6.07) is 8.17. The Morgan fingerprint density at radius 3 is 2.46 bits per heavy atom. The number of likely N-dealkylation sites (N-methyl/N-ethyl adjacent to an activating group) is 1. The third-order valence-corrected chi connectivity index (χ3v) is 3.89. The van der Waals surface area contributed by atoms with E-state index in [1.807, 2.05) is 7.05 Å². The van der Waals surface area contributed by atoms with Crippen molar-refractivity contribution in [2.45, 2.75) is 26.8 Å². The molecule has 1 aliphatic heterocycles. The molecule has 0 saturated heterocycles. The lowest BCUT2D eigenvalue weighted by atomic mass is 10.1. The molecule has 0 aliphatic carbocycles. The molecule has 0 spiro atoms. The third-order valence-electron chi connectivity index (χ3n) is 3.89. The van der Waals surface area contributed by atoms with Crippen LogP contribution in [0.3, 0.4) is 0 Å². The summed E-state index contributed by atoms with van der Waals surface area (Å²) < 4.78 is 5.07. The predicted molar refractivity (Wildman–Crippen MR) is 92.3 cm³/mol. The summed E-state index contributed by atoms with van der Waals surface area (Å²) in [7, 11) is 1.96. The van der Waals surface area contributed by atoms with E-state index < -0.39 is 0 Å². The summed E-state index contributed by atoms with van der Waals surface area (Å²) in [5.74, 6) is -0.388. The largest absolute Gasteiger partial charge is 0.463 e. The minimum atomic E-state index is -0.388. The van der Waals surface area contributed by atoms with Gasteiger partial charge in [0, 0.05) is 18.8 Å². The lowest BCUT2D eigenvalue weighted by molar-refractivity contribution is -0.138. The molecule has 24 heavy (non-hydrogen) atoms. The van der Waals surface area contributed by atoms with Crippen LogP contribution in [0.15, 0.2) is 35.5 Å². The Labute approximate surface area is 142 Å². The molecule has 130 valence electrons. The van der Waals surface area contributed by atoms with Crippen LogP contribution in [0.5, 0.6) is 0 Å². The topological polar surface area (TPSA) is 70.7 Å². The molecule has 0 unspecified atom stereocenters. The van der Waals surface area contributed by atoms with Crippen LogP contribution in [0.2, 0.25) is 0 Å². The smallest absolute Gasteiger partial charge is 0.337 e. The van der Waals surface area contributed by atoms with Crippen LogP contribution in [0, 0.1) is 0 Å². The average molecular weight is 331 g/mol. The number of hydrogen-bond donors (Lipinski definition) is 2. The maximum absolute atomic E-state index is 12.0. The van der Waals surface area contributed by atoms with Crippen LogP contribution >= 0.6 is 0 Å². The molecule has 0 aromatic heterocycles. The minimum Gasteiger partial charge on any atom is -0.463 e. The van der Waals surface area contributed by atoms with Crippen molar-refractivity contribution in [3.8, 4) is 0 Å². The molecule has 1 heterocycles. The van der Waals surface area contributed by atoms with E-state index in [0.717, 1.165) is 13.0 Å². The summed E-state index contributed by atoms with van der Waals surface area (Å²) in [5, 5.41) is 5.34. The summed E-state index contributed by atoms with van der Waals surface area (Å²) in [6.45, 7) is 5.59. The van der Waals surface area contributed by atoms with Gasteiger partial charge in [-0.3, -0.25) is 4.90 Å². The zero-order chi connectivity index (χ0) is 17.5. The number of nitrogens with zero attached hydrogens (tertiary/aromatic N) is 1. The number of aryl methyl sites for hydroxylation is 1. The Morgan fingerprint density at radius 2 is 1.83 bits per heavy atom. The van der Waals surface area contributed by atoms with Crippen molar-refractivity contribution in [2.24, 2.45) is 0 Å². The highest BCUT2D eigenvalue weighted by Crippen LogP contribution is 2.12. The molecule has 2 N–H and O–H groups in total. The van der Waals surface area contributed by atoms with Crippen molar-refractivity contribution in [3.05, 3.63) is 46.7 Å². The molecule has 0 radical (unpaired) electrons. The summed E-state index contributed by atoms with van der Waals surface area (Å²) in [5.41, 5.74) is 3.57. The number of nitrogens with one attached hydrogen (secondary N) is 2. The van der Waals surface area contributed by atoms with E-state index in [9.17, 15) is 9.59 Å². The first-order chi connectivity index (χ1) is 11.5. The number of carbonyl (C=O) groups is 2. The highest BCUT2D eigenvalue weighted by Gasteiger charge is 2.24. The standard InChI is InChI=1S/C18H25N3O3/c1-4-13-6-8-14(9-7-13)11-21(3)12-16-15(17(22)24-5-2)10-19-18(23)20-16/h6-9H,4-5,10-12H2,1-3H3,(H2,19,20,23). The lowest BCUT2D eigenvalue weighted by Gasteiger charge is -2.25. The molecule has 2 rings (SSSR count). The van der Waals surface area contributed by atoms with Crippen LogP contribution in [0.25, 0.3) is 0 Å². The molecule has 1 aliphatic rings. The van der Waals surface area contributed by atoms with E-state index in [0.29, 0.717) is 24.4 Å². The average Bonchev–Trinajstić information content (AvgIpc) is 2.55. The van der Waals surface area contributed by atoms with Crippen molar-refractivity contribution in [1.29, 1.82) is 0 Å². The zero-order valence-corrected chi connectivity index (χ0v) is 14.5. The highest BCUT2D eigenvalue weighted by molar-refractivity contribution is 5.93. The maximum Gasteiger partial charge on any atom is 0.337 e. The van der Waals surface area contributed by atoms with Gasteiger partial charge in [0.1, 0.15) is 0 Å². The second-order valence-electron chi connectivity index (χ2n) is 5.83. The van der Waals surface area contributed by atoms with Gasteiger partial charge in [-0.1, -0.05) is 31.2 Å². The van der Waals surface area contributed by atoms with E-state index in [4.69, 9.17) is 4.74 Å². The first kappa shape index (κ1) is 18.0. The Hall–Kier alpha value is -2.34. The van der Waals surface area contributed by atoms with Crippen molar-refractivity contribution < 1.29 is 14.3 Å². The number of hydrogen-bond acceptors (Lipinski definition) is 4. The number of ether oxygens (including phenoxy) is 1. The number of urea groups is 1. The Balaban J connectivity index is 2.06. The fourth-order valence-corrected chi connectivity index (χ4v) is 2.60. The SMILES string of the molecule is CCOC(=O)C1=C(CN(C)Cc2ccc(CC)cc2)NC(=O)NC1. The number of carbonyl (C=O) groups excluding carboxylic acids is 2. The quantitative estimate of drug-likeness (QED) is 0.748. The predicted octanol–water partition coefficient (Wildman–Crippen LogP) is 1.81. The Morgan fingerprint density at radius 1 is 1.17 bits per heavy atom. The van der Waals surface area contributed by atoms with Crippen molar-refractivity contribution in [3.63, 3.8) is 0 Å². The molecule has 0 saturated carbocycles. The third kappa shape index (κ3) is 4.83. The van der Waals surface area contributed by atoms with Crippen molar-refractivity contribution in [2.75, 3.05) is 26.7 Å². The van der Waals surface area contributed by atoms with Gasteiger partial charge in [-0.05, 0) is 31.5 Å². The molecule has 1 aromatic rings. The molecular weight excluding hydrogens is 306 g/mol. The second-order valence-corrected chi connectivity index (χ2v) is 5.83. The Bertz CT molecular complexity index is 623. The molecule has 0 fully saturated rings. The first-order valence-electron chi connectivity index (χ1n) is 8.23. The first-order valence-corrected chi connectivity index (χ1v) is 8.23. The molecule has 1 aromatic carbocycles. The van der Waals surface area contributed by atoms with Gasteiger partial charge >= 0.3 is 12.0 Å². The normalized spacial score (nSPS) is 14.4. The van der Waals surface area contributed by atoms with E-state index in [1.165, 1.54) is 11.1 Å². The van der Waals surface area contributed by atoms with Crippen LogP contribution in [0.1, 0.15) is 25.0 Å². The van der Waals surface area contributed by atoms with E-state index in [1.54, 1.807) is 6.92 Å². The monoisotopic (exact) mass is 331 g/mol. The van der Waals surface area contributed by atoms with Gasteiger partial charge in [-0.2, -0.15) is 0 Å². The molecule has 6 heteroatoms. The van der Waals surface area contributed by atoms with E-state index >= 15 is 0 Å². The van der Waals surface area contributed by atoms with Gasteiger partial charge in [0.15, 0.2) is 0 Å². The fraction of sp³-hybridized carbons (Fsp3) is 0.444. The van der Waals surface area contributed by atoms with Gasteiger partial charge in [-0.25, -0.2) is 9.59 Å². The maximum atomic E-state index is 12.0. The molecule has 6 nitrogen and oxygen atoms in total. The highest BCUT2D eigenvalue weighted by atomic mass is 16.5. The van der Waals surface area contributed by atoms with Crippen LogP contribution < -0.4 is 10.6 Å². The summed E-state index contributed by atoms with van der Waals surface area (Å²) in [6.07, 6.45) is 1.02. The van der Waals surface area contributed by atoms with Crippen LogP contribution in [-0.4, -0.2) is 43.6 Å². The number of amides is 2. The fourth-order valence-electron chi connectivity index (χ4n) is 2.60. The lowest BCUT2D eigenvalue weighted by Crippen LogP contribution is -2.46. The van der Waals surface area contributed by atoms with Gasteiger partial charge in [-0.15, -0.1) is 0 Å². The van der Waals surface area contributed by atoms with Crippen molar-refractivity contribution >= 4 is 12.0 Å². The number of benzene rings is 1. The molecule has 0 bridgehead atoms. The van der Waals surface area contributed by atoms with Crippen LogP contribution in [-0.2, 0) is 22.5 Å². The molecule has 2 amide bonds. The van der Waals surface area contributed by atoms with E-state index in [-0.39, 0.29) is 18.5 Å². The summed E-state index contributed by atoms with van der Waals surface area (Å²) in [4.78, 5) is 25.7. The van der Waals surface area contributed by atoms with Gasteiger partial charge < -0.3 is 15.4 Å². The Kier molecular flexibility index (Phi) is 6.37. The molecule has 0 atom stereocenters. The second kappa shape index (κ2) is 8.49. The van der Waals surface area contributed by atoms with Gasteiger partial charge in [0.05, 0.1) is 18.7 Å². The molecular formula is C18H25N3O3. The number of rotatable bonds is 7. The van der Waals surface area contributed by atoms with Crippen molar-refractivity contribution in [1.82, 2.24) is 15.5 Å². The van der Waals surface area contributed by atoms with Gasteiger partial charge in [0.2, 0.25) is 0 Å².